The highest BCUT2D eigenvalue weighted by atomic mass is 19.1. The molecule has 0 radical (unpaired) electrons. The molecule has 0 spiro atoms. The molecule has 0 aromatic heterocycles. The van der Waals surface area contributed by atoms with Gasteiger partial charge in [0.2, 0.25) is 6.10 Å². The molecule has 1 aliphatic heterocycles. The molecule has 188 valence electrons. The average Bonchev–Trinajstić information content (AvgIpc) is 3.18. The second-order valence-electron chi connectivity index (χ2n) is 9.13. The van der Waals surface area contributed by atoms with Crippen molar-refractivity contribution in [1.82, 2.24) is 4.90 Å². The summed E-state index contributed by atoms with van der Waals surface area (Å²) in [6.07, 6.45) is -2.51. The van der Waals surface area contributed by atoms with Crippen molar-refractivity contribution >= 4 is 23.8 Å². The molecule has 1 saturated heterocycles. The van der Waals surface area contributed by atoms with Crippen molar-refractivity contribution in [2.75, 3.05) is 24.7 Å². The number of amides is 2. The summed E-state index contributed by atoms with van der Waals surface area (Å²) in [6.45, 7) is 4.90. The van der Waals surface area contributed by atoms with Crippen molar-refractivity contribution in [3.05, 3.63) is 53.8 Å². The number of benzene rings is 2. The van der Waals surface area contributed by atoms with Crippen LogP contribution in [0.25, 0.3) is 11.1 Å². The number of carboxylic acid groups (broad SMARTS) is 1. The zero-order valence-electron chi connectivity index (χ0n) is 19.8. The van der Waals surface area contributed by atoms with E-state index >= 15 is 0 Å². The molecule has 0 saturated carbocycles. The maximum Gasteiger partial charge on any atom is 0.415 e. The Bertz CT molecular complexity index is 1080. The summed E-state index contributed by atoms with van der Waals surface area (Å²) in [4.78, 5) is 38.0. The third kappa shape index (κ3) is 6.68. The van der Waals surface area contributed by atoms with Crippen LogP contribution in [0.4, 0.5) is 24.1 Å². The second-order valence-corrected chi connectivity index (χ2v) is 9.13. The molecule has 0 bridgehead atoms. The predicted molar refractivity (Wildman–Crippen MR) is 124 cm³/mol. The molecule has 0 unspecified atom stereocenters. The topological polar surface area (TPSA) is 96.4 Å². The quantitative estimate of drug-likeness (QED) is 0.560. The lowest BCUT2D eigenvalue weighted by atomic mass is 10.0. The maximum absolute atomic E-state index is 14.9. The highest BCUT2D eigenvalue weighted by molar-refractivity contribution is 5.94. The molecular formula is C25H28F2N2O6. The molecule has 2 aromatic carbocycles. The van der Waals surface area contributed by atoms with Crippen molar-refractivity contribution in [3.8, 4) is 11.1 Å². The summed E-state index contributed by atoms with van der Waals surface area (Å²) in [5.74, 6) is -1.87. The Morgan fingerprint density at radius 3 is 2.43 bits per heavy atom. The molecule has 1 N–H and O–H groups in total. The summed E-state index contributed by atoms with van der Waals surface area (Å²) >= 11 is 0. The number of ether oxygens (including phenoxy) is 2. The van der Waals surface area contributed by atoms with Crippen LogP contribution in [0.1, 0.15) is 32.8 Å². The molecule has 3 rings (SSSR count). The molecule has 0 aliphatic carbocycles. The number of hydrogen-bond donors (Lipinski definition) is 1. The van der Waals surface area contributed by atoms with E-state index in [-0.39, 0.29) is 37.3 Å². The Labute approximate surface area is 202 Å². The summed E-state index contributed by atoms with van der Waals surface area (Å²) in [5.41, 5.74) is 1.12. The third-order valence-electron chi connectivity index (χ3n) is 5.20. The number of hydrogen-bond acceptors (Lipinski definition) is 5. The molecule has 1 fully saturated rings. The summed E-state index contributed by atoms with van der Waals surface area (Å²) in [5, 5.41) is 9.02. The van der Waals surface area contributed by atoms with Crippen LogP contribution >= 0.6 is 0 Å². The Kier molecular flexibility index (Phi) is 7.93. The average molecular weight is 491 g/mol. The van der Waals surface area contributed by atoms with Crippen LogP contribution in [0, 0.1) is 5.82 Å². The SMILES string of the molecule is CC(C)(C)OC(=O)N(CCCF)Cc1ccc(-c2ccc(N3C[C@H](C(=O)O)OC3=O)cc2F)cc1. The molecule has 8 nitrogen and oxygen atoms in total. The van der Waals surface area contributed by atoms with Crippen molar-refractivity contribution in [2.24, 2.45) is 0 Å². The van der Waals surface area contributed by atoms with Crippen molar-refractivity contribution < 1.29 is 37.7 Å². The Balaban J connectivity index is 1.73. The number of alkyl halides is 1. The van der Waals surface area contributed by atoms with Crippen LogP contribution in [0.15, 0.2) is 42.5 Å². The van der Waals surface area contributed by atoms with Crippen LogP contribution in [-0.4, -0.2) is 59.6 Å². The summed E-state index contributed by atoms with van der Waals surface area (Å²) < 4.78 is 37.8. The Morgan fingerprint density at radius 1 is 1.20 bits per heavy atom. The number of cyclic esters (lactones) is 1. The van der Waals surface area contributed by atoms with E-state index in [2.05, 4.69) is 0 Å². The zero-order valence-corrected chi connectivity index (χ0v) is 19.8. The minimum Gasteiger partial charge on any atom is -0.478 e. The van der Waals surface area contributed by atoms with Crippen LogP contribution in [0.2, 0.25) is 0 Å². The van der Waals surface area contributed by atoms with E-state index in [9.17, 15) is 23.2 Å². The fourth-order valence-electron chi connectivity index (χ4n) is 3.53. The van der Waals surface area contributed by atoms with Gasteiger partial charge in [0.1, 0.15) is 11.4 Å². The summed E-state index contributed by atoms with van der Waals surface area (Å²) in [6, 6.07) is 11.0. The van der Waals surface area contributed by atoms with Crippen molar-refractivity contribution in [3.63, 3.8) is 0 Å². The molecular weight excluding hydrogens is 462 g/mol. The lowest BCUT2D eigenvalue weighted by Gasteiger charge is -2.27. The number of carbonyl (C=O) groups is 3. The number of anilines is 1. The van der Waals surface area contributed by atoms with E-state index in [0.29, 0.717) is 5.56 Å². The maximum atomic E-state index is 14.9. The van der Waals surface area contributed by atoms with Crippen LogP contribution < -0.4 is 4.90 Å². The molecule has 35 heavy (non-hydrogen) atoms. The van der Waals surface area contributed by atoms with Gasteiger partial charge in [-0.25, -0.2) is 18.8 Å². The van der Waals surface area contributed by atoms with Gasteiger partial charge in [0.15, 0.2) is 0 Å². The van der Waals surface area contributed by atoms with Gasteiger partial charge in [-0.15, -0.1) is 0 Å². The van der Waals surface area contributed by atoms with Gasteiger partial charge < -0.3 is 19.5 Å². The van der Waals surface area contributed by atoms with E-state index < -0.39 is 42.4 Å². The molecule has 2 aromatic rings. The predicted octanol–water partition coefficient (Wildman–Crippen LogP) is 5.00. The highest BCUT2D eigenvalue weighted by Crippen LogP contribution is 2.29. The Morgan fingerprint density at radius 2 is 1.89 bits per heavy atom. The number of rotatable bonds is 8. The van der Waals surface area contributed by atoms with Gasteiger partial charge in [0.25, 0.3) is 0 Å². The number of carboxylic acids is 1. The van der Waals surface area contributed by atoms with E-state index in [1.165, 1.54) is 17.0 Å². The van der Waals surface area contributed by atoms with Gasteiger partial charge in [0, 0.05) is 18.7 Å². The van der Waals surface area contributed by atoms with Gasteiger partial charge in [-0.05, 0) is 56.5 Å². The fraction of sp³-hybridized carbons (Fsp3) is 0.400. The van der Waals surface area contributed by atoms with E-state index in [1.54, 1.807) is 45.0 Å². The number of halogens is 2. The standard InChI is InChI=1S/C25H28F2N2O6/c1-25(2,3)35-23(32)28(12-4-11-26)14-16-5-7-17(8-6-16)19-10-9-18(13-20(19)27)29-15-21(22(30)31)34-24(29)33/h5-10,13,21H,4,11-12,14-15H2,1-3H3,(H,30,31)/t21-/m1/s1. The number of carbonyl (C=O) groups excluding carboxylic acids is 2. The van der Waals surface area contributed by atoms with Gasteiger partial charge in [0.05, 0.1) is 18.9 Å². The van der Waals surface area contributed by atoms with Gasteiger partial charge in [-0.3, -0.25) is 9.29 Å². The third-order valence-corrected chi connectivity index (χ3v) is 5.20. The fourth-order valence-corrected chi connectivity index (χ4v) is 3.53. The second kappa shape index (κ2) is 10.7. The molecule has 10 heteroatoms. The van der Waals surface area contributed by atoms with Gasteiger partial charge in [-0.2, -0.15) is 0 Å². The largest absolute Gasteiger partial charge is 0.478 e. The van der Waals surface area contributed by atoms with Crippen molar-refractivity contribution in [2.45, 2.75) is 45.4 Å². The first-order valence-electron chi connectivity index (χ1n) is 11.1. The monoisotopic (exact) mass is 490 g/mol. The number of aliphatic carboxylic acids is 1. The van der Waals surface area contributed by atoms with Gasteiger partial charge in [-0.1, -0.05) is 24.3 Å². The lowest BCUT2D eigenvalue weighted by Crippen LogP contribution is -2.37. The van der Waals surface area contributed by atoms with E-state index in [0.717, 1.165) is 16.5 Å². The van der Waals surface area contributed by atoms with Gasteiger partial charge >= 0.3 is 18.2 Å². The first-order valence-corrected chi connectivity index (χ1v) is 11.1. The molecule has 1 heterocycles. The summed E-state index contributed by atoms with van der Waals surface area (Å²) in [7, 11) is 0. The smallest absolute Gasteiger partial charge is 0.415 e. The highest BCUT2D eigenvalue weighted by Gasteiger charge is 2.37. The minimum absolute atomic E-state index is 0.187. The Hall–Kier alpha value is -3.69. The lowest BCUT2D eigenvalue weighted by molar-refractivity contribution is -0.144. The van der Waals surface area contributed by atoms with Crippen LogP contribution in [0.5, 0.6) is 0 Å². The molecule has 1 aliphatic rings. The normalized spacial score (nSPS) is 15.6. The molecule has 2 amide bonds. The van der Waals surface area contributed by atoms with E-state index in [4.69, 9.17) is 14.6 Å². The minimum atomic E-state index is -1.30. The van der Waals surface area contributed by atoms with Crippen molar-refractivity contribution in [1.29, 1.82) is 0 Å². The number of nitrogens with zero attached hydrogens (tertiary/aromatic N) is 2. The first kappa shape index (κ1) is 25.9. The van der Waals surface area contributed by atoms with Crippen LogP contribution in [-0.2, 0) is 20.8 Å². The first-order chi connectivity index (χ1) is 16.5. The molecule has 1 atom stereocenters. The van der Waals surface area contributed by atoms with Crippen LogP contribution in [0.3, 0.4) is 0 Å². The van der Waals surface area contributed by atoms with E-state index in [1.807, 2.05) is 0 Å². The zero-order chi connectivity index (χ0) is 25.8.